The molecular weight excluding hydrogens is 362 g/mol. The van der Waals surface area contributed by atoms with E-state index in [1.54, 1.807) is 0 Å². The molecule has 2 aliphatic rings. The van der Waals surface area contributed by atoms with Gasteiger partial charge in [0.1, 0.15) is 5.54 Å². The second kappa shape index (κ2) is 9.72. The molecule has 2 aliphatic carbocycles. The molecule has 0 heterocycles. The van der Waals surface area contributed by atoms with Crippen molar-refractivity contribution in [2.24, 2.45) is 11.3 Å². The molecule has 0 aromatic carbocycles. The van der Waals surface area contributed by atoms with E-state index in [1.165, 1.54) is 0 Å². The Bertz CT molecular complexity index is 569. The molecule has 0 bridgehead atoms. The van der Waals surface area contributed by atoms with Crippen molar-refractivity contribution in [3.8, 4) is 0 Å². The van der Waals surface area contributed by atoms with Crippen molar-refractivity contribution in [3.63, 3.8) is 0 Å². The fourth-order valence-corrected chi connectivity index (χ4v) is 5.02. The lowest BCUT2D eigenvalue weighted by atomic mass is 9.73. The third-order valence-electron chi connectivity index (χ3n) is 6.54. The number of carbonyl (C=O) groups excluding carboxylic acids is 1. The van der Waals surface area contributed by atoms with E-state index in [2.05, 4.69) is 5.32 Å². The molecular formula is C21H35NO6. The summed E-state index contributed by atoms with van der Waals surface area (Å²) in [6.07, 6.45) is 6.47. The van der Waals surface area contributed by atoms with E-state index in [4.69, 9.17) is 4.74 Å². The van der Waals surface area contributed by atoms with Crippen molar-refractivity contribution in [1.82, 2.24) is 5.32 Å². The minimum atomic E-state index is -1.33. The Kier molecular flexibility index (Phi) is 7.87. The number of nitrogens with one attached hydrogen (secondary N) is 1. The van der Waals surface area contributed by atoms with E-state index >= 15 is 0 Å². The molecule has 3 atom stereocenters. The zero-order chi connectivity index (χ0) is 20.8. The zero-order valence-corrected chi connectivity index (χ0v) is 17.2. The molecule has 2 rings (SSSR count). The molecule has 28 heavy (non-hydrogen) atoms. The summed E-state index contributed by atoms with van der Waals surface area (Å²) in [5.74, 6) is -2.76. The molecule has 2 fully saturated rings. The van der Waals surface area contributed by atoms with Crippen LogP contribution in [0.2, 0.25) is 0 Å². The van der Waals surface area contributed by atoms with Gasteiger partial charge in [0.15, 0.2) is 0 Å². The molecule has 0 aliphatic heterocycles. The van der Waals surface area contributed by atoms with Gasteiger partial charge in [0, 0.05) is 13.0 Å². The molecule has 160 valence electrons. The van der Waals surface area contributed by atoms with Gasteiger partial charge in [0.2, 0.25) is 5.91 Å². The molecule has 2 saturated carbocycles. The van der Waals surface area contributed by atoms with E-state index < -0.39 is 28.8 Å². The van der Waals surface area contributed by atoms with Crippen LogP contribution in [-0.4, -0.2) is 46.3 Å². The van der Waals surface area contributed by atoms with Crippen molar-refractivity contribution in [1.29, 1.82) is 0 Å². The summed E-state index contributed by atoms with van der Waals surface area (Å²) in [7, 11) is 0. The number of carboxylic acid groups (broad SMARTS) is 2. The molecule has 1 amide bonds. The van der Waals surface area contributed by atoms with Gasteiger partial charge in [-0.1, -0.05) is 26.2 Å². The predicted molar refractivity (Wildman–Crippen MR) is 104 cm³/mol. The molecule has 0 spiro atoms. The van der Waals surface area contributed by atoms with Gasteiger partial charge in [-0.05, 0) is 51.9 Å². The number of ether oxygens (including phenoxy) is 1. The van der Waals surface area contributed by atoms with Crippen molar-refractivity contribution in [3.05, 3.63) is 0 Å². The molecule has 0 saturated heterocycles. The largest absolute Gasteiger partial charge is 0.481 e. The van der Waals surface area contributed by atoms with Gasteiger partial charge < -0.3 is 20.3 Å². The van der Waals surface area contributed by atoms with Crippen LogP contribution in [0.3, 0.4) is 0 Å². The number of hydrogen-bond donors (Lipinski definition) is 3. The Morgan fingerprint density at radius 2 is 1.79 bits per heavy atom. The highest BCUT2D eigenvalue weighted by Gasteiger charge is 2.50. The first-order chi connectivity index (χ1) is 13.3. The summed E-state index contributed by atoms with van der Waals surface area (Å²) in [6.45, 7) is 4.32. The first kappa shape index (κ1) is 22.7. The minimum absolute atomic E-state index is 0.179. The van der Waals surface area contributed by atoms with E-state index in [0.29, 0.717) is 38.7 Å². The summed E-state index contributed by atoms with van der Waals surface area (Å²) in [5.41, 5.74) is -2.10. The van der Waals surface area contributed by atoms with Crippen molar-refractivity contribution in [2.45, 2.75) is 96.1 Å². The molecule has 0 radical (unpaired) electrons. The number of rotatable bonds is 10. The number of amides is 1. The molecule has 3 N–H and O–H groups in total. The Morgan fingerprint density at radius 3 is 2.32 bits per heavy atom. The first-order valence-electron chi connectivity index (χ1n) is 10.7. The normalized spacial score (nSPS) is 27.9. The monoisotopic (exact) mass is 397 g/mol. The van der Waals surface area contributed by atoms with Crippen LogP contribution >= 0.6 is 0 Å². The lowest BCUT2D eigenvalue weighted by molar-refractivity contribution is -0.155. The van der Waals surface area contributed by atoms with Crippen LogP contribution < -0.4 is 5.32 Å². The van der Waals surface area contributed by atoms with E-state index in [1.807, 2.05) is 13.8 Å². The maximum atomic E-state index is 13.4. The van der Waals surface area contributed by atoms with Crippen LogP contribution in [0.25, 0.3) is 0 Å². The van der Waals surface area contributed by atoms with E-state index in [9.17, 15) is 24.6 Å². The van der Waals surface area contributed by atoms with Crippen LogP contribution in [0, 0.1) is 11.3 Å². The highest BCUT2D eigenvalue weighted by molar-refractivity contribution is 5.90. The van der Waals surface area contributed by atoms with Crippen LogP contribution in [0.5, 0.6) is 0 Å². The lowest BCUT2D eigenvalue weighted by Crippen LogP contribution is -2.61. The zero-order valence-electron chi connectivity index (χ0n) is 17.2. The highest BCUT2D eigenvalue weighted by Crippen LogP contribution is 2.45. The van der Waals surface area contributed by atoms with Gasteiger partial charge in [0.25, 0.3) is 0 Å². The smallest absolute Gasteiger partial charge is 0.329 e. The SMILES string of the molecule is CCCC(CC1(C(=O)N[C@@]2(C(=O)O)CCC[C@@H](OCC)C2)CCCC1)C(=O)O. The van der Waals surface area contributed by atoms with Crippen LogP contribution in [0.15, 0.2) is 0 Å². The van der Waals surface area contributed by atoms with Gasteiger partial charge in [-0.2, -0.15) is 0 Å². The quantitative estimate of drug-likeness (QED) is 0.521. The highest BCUT2D eigenvalue weighted by atomic mass is 16.5. The Morgan fingerprint density at radius 1 is 1.11 bits per heavy atom. The molecule has 7 heteroatoms. The Labute approximate surface area is 167 Å². The number of carbonyl (C=O) groups is 3. The Balaban J connectivity index is 2.21. The van der Waals surface area contributed by atoms with Gasteiger partial charge in [-0.15, -0.1) is 0 Å². The fourth-order valence-electron chi connectivity index (χ4n) is 5.02. The number of hydrogen-bond acceptors (Lipinski definition) is 4. The second-order valence-electron chi connectivity index (χ2n) is 8.53. The van der Waals surface area contributed by atoms with Crippen molar-refractivity contribution in [2.75, 3.05) is 6.61 Å². The number of aliphatic carboxylic acids is 2. The minimum Gasteiger partial charge on any atom is -0.481 e. The van der Waals surface area contributed by atoms with Crippen LogP contribution in [-0.2, 0) is 19.1 Å². The van der Waals surface area contributed by atoms with Gasteiger partial charge in [-0.3, -0.25) is 9.59 Å². The van der Waals surface area contributed by atoms with Gasteiger partial charge >= 0.3 is 11.9 Å². The summed E-state index contributed by atoms with van der Waals surface area (Å²) in [4.78, 5) is 37.2. The van der Waals surface area contributed by atoms with E-state index in [-0.39, 0.29) is 24.9 Å². The second-order valence-corrected chi connectivity index (χ2v) is 8.53. The third kappa shape index (κ3) is 5.04. The Hall–Kier alpha value is -1.63. The predicted octanol–water partition coefficient (Wildman–Crippen LogP) is 3.36. The summed E-state index contributed by atoms with van der Waals surface area (Å²) >= 11 is 0. The summed E-state index contributed by atoms with van der Waals surface area (Å²) < 4.78 is 5.66. The van der Waals surface area contributed by atoms with Gasteiger partial charge in [0.05, 0.1) is 17.4 Å². The number of carboxylic acids is 2. The van der Waals surface area contributed by atoms with Crippen molar-refractivity contribution >= 4 is 17.8 Å². The third-order valence-corrected chi connectivity index (χ3v) is 6.54. The molecule has 0 aromatic rings. The van der Waals surface area contributed by atoms with E-state index in [0.717, 1.165) is 25.7 Å². The average molecular weight is 398 g/mol. The maximum absolute atomic E-state index is 13.4. The molecule has 7 nitrogen and oxygen atoms in total. The van der Waals surface area contributed by atoms with Crippen LogP contribution in [0.4, 0.5) is 0 Å². The molecule has 1 unspecified atom stereocenters. The molecule has 0 aromatic heterocycles. The summed E-state index contributed by atoms with van der Waals surface area (Å²) in [5, 5.41) is 22.4. The summed E-state index contributed by atoms with van der Waals surface area (Å²) in [6, 6.07) is 0. The maximum Gasteiger partial charge on any atom is 0.329 e. The lowest BCUT2D eigenvalue weighted by Gasteiger charge is -2.41. The topological polar surface area (TPSA) is 113 Å². The fraction of sp³-hybridized carbons (Fsp3) is 0.857. The van der Waals surface area contributed by atoms with Crippen molar-refractivity contribution < 1.29 is 29.3 Å². The van der Waals surface area contributed by atoms with Gasteiger partial charge in [-0.25, -0.2) is 4.79 Å². The first-order valence-corrected chi connectivity index (χ1v) is 10.7. The standard InChI is InChI=1S/C21H35NO6/c1-3-8-15(17(23)24)13-20(10-5-6-11-20)18(25)22-21(19(26)27)12-7-9-16(14-21)28-4-2/h15-16H,3-14H2,1-2H3,(H,22,25)(H,23,24)(H,26,27)/t15?,16-,21+/m1/s1. The average Bonchev–Trinajstić information content (AvgIpc) is 3.11. The van der Waals surface area contributed by atoms with Crippen LogP contribution in [0.1, 0.15) is 84.5 Å².